The van der Waals surface area contributed by atoms with E-state index in [1.807, 2.05) is 43.4 Å². The smallest absolute Gasteiger partial charge is 0.265 e. The second-order valence-corrected chi connectivity index (χ2v) is 8.22. The number of benzene rings is 2. The summed E-state index contributed by atoms with van der Waals surface area (Å²) < 4.78 is 5.55. The minimum atomic E-state index is -0.00704. The lowest BCUT2D eigenvalue weighted by molar-refractivity contribution is 0.0798. The zero-order valence-corrected chi connectivity index (χ0v) is 17.9. The number of rotatable bonds is 8. The molecule has 154 valence electrons. The number of amides is 1. The van der Waals surface area contributed by atoms with Gasteiger partial charge in [-0.3, -0.25) is 4.79 Å². The second-order valence-electron chi connectivity index (χ2n) is 7.19. The molecule has 2 aromatic heterocycles. The van der Waals surface area contributed by atoms with Gasteiger partial charge in [-0.15, -0.1) is 11.3 Å². The van der Waals surface area contributed by atoms with Crippen molar-refractivity contribution >= 4 is 33.9 Å². The van der Waals surface area contributed by atoms with Crippen LogP contribution in [-0.2, 0) is 6.54 Å². The van der Waals surface area contributed by atoms with Gasteiger partial charge in [0.25, 0.3) is 5.91 Å². The van der Waals surface area contributed by atoms with Crippen molar-refractivity contribution in [2.24, 2.45) is 0 Å². The molecule has 1 amide bonds. The van der Waals surface area contributed by atoms with Crippen molar-refractivity contribution in [3.8, 4) is 10.7 Å². The number of hydrogen-bond acceptors (Lipinski definition) is 6. The number of aromatic nitrogens is 2. The lowest BCUT2D eigenvalue weighted by Crippen LogP contribution is -2.26. The Morgan fingerprint density at radius 3 is 2.83 bits per heavy atom. The maximum Gasteiger partial charge on any atom is 0.265 e. The molecule has 30 heavy (non-hydrogen) atoms. The summed E-state index contributed by atoms with van der Waals surface area (Å²) in [6, 6.07) is 16.1. The molecule has 4 rings (SSSR count). The molecule has 2 aromatic carbocycles. The first-order valence-corrected chi connectivity index (χ1v) is 10.9. The third-order valence-corrected chi connectivity index (χ3v) is 5.92. The molecule has 0 aliphatic rings. The molecule has 0 unspecified atom stereocenters. The summed E-state index contributed by atoms with van der Waals surface area (Å²) in [5.74, 6) is -0.00704. The normalized spacial score (nSPS) is 11.0. The van der Waals surface area contributed by atoms with E-state index in [0.717, 1.165) is 37.0 Å². The number of fused-ring (bicyclic) bond motifs is 1. The molecule has 0 spiro atoms. The summed E-state index contributed by atoms with van der Waals surface area (Å²) in [4.78, 5) is 19.4. The number of nitrogens with one attached hydrogen (secondary N) is 1. The van der Waals surface area contributed by atoms with Gasteiger partial charge in [0.15, 0.2) is 5.58 Å². The van der Waals surface area contributed by atoms with Crippen molar-refractivity contribution in [1.29, 1.82) is 0 Å². The highest BCUT2D eigenvalue weighted by Crippen LogP contribution is 2.32. The summed E-state index contributed by atoms with van der Waals surface area (Å²) in [5, 5.41) is 9.18. The lowest BCUT2D eigenvalue weighted by atomic mass is 10.2. The Kier molecular flexibility index (Phi) is 6.09. The molecule has 0 radical (unpaired) electrons. The fraction of sp³-hybridized carbons (Fsp3) is 0.261. The molecule has 0 bridgehead atoms. The SMILES string of the molecule is CCCCN(C)C(=O)c1cnc(-c2noc3cc(NCc4ccccc4)ccc23)s1. The zero-order valence-electron chi connectivity index (χ0n) is 17.1. The Bertz CT molecular complexity index is 1140. The van der Waals surface area contributed by atoms with Gasteiger partial charge in [-0.2, -0.15) is 0 Å². The van der Waals surface area contributed by atoms with Crippen molar-refractivity contribution in [2.45, 2.75) is 26.3 Å². The van der Waals surface area contributed by atoms with E-state index in [4.69, 9.17) is 4.52 Å². The van der Waals surface area contributed by atoms with Gasteiger partial charge in [-0.25, -0.2) is 4.98 Å². The number of anilines is 1. The minimum absolute atomic E-state index is 0.00704. The van der Waals surface area contributed by atoms with Crippen molar-refractivity contribution in [3.63, 3.8) is 0 Å². The fourth-order valence-corrected chi connectivity index (χ4v) is 4.08. The van der Waals surface area contributed by atoms with E-state index < -0.39 is 0 Å². The molecule has 0 fully saturated rings. The largest absolute Gasteiger partial charge is 0.381 e. The Balaban J connectivity index is 1.50. The van der Waals surface area contributed by atoms with Crippen LogP contribution < -0.4 is 5.32 Å². The summed E-state index contributed by atoms with van der Waals surface area (Å²) >= 11 is 1.35. The van der Waals surface area contributed by atoms with Crippen LogP contribution >= 0.6 is 11.3 Å². The van der Waals surface area contributed by atoms with E-state index in [0.29, 0.717) is 21.2 Å². The van der Waals surface area contributed by atoms with Crippen molar-refractivity contribution in [1.82, 2.24) is 15.0 Å². The summed E-state index contributed by atoms with van der Waals surface area (Å²) in [6.45, 7) is 3.59. The highest BCUT2D eigenvalue weighted by Gasteiger charge is 2.19. The van der Waals surface area contributed by atoms with Gasteiger partial charge in [0.1, 0.15) is 15.6 Å². The molecule has 0 saturated carbocycles. The number of carbonyl (C=O) groups excluding carboxylic acids is 1. The number of thiazole rings is 1. The maximum absolute atomic E-state index is 12.6. The van der Waals surface area contributed by atoms with Crippen LogP contribution in [0, 0.1) is 0 Å². The van der Waals surface area contributed by atoms with E-state index in [1.54, 1.807) is 11.1 Å². The van der Waals surface area contributed by atoms with Crippen LogP contribution in [0.25, 0.3) is 21.7 Å². The van der Waals surface area contributed by atoms with Crippen LogP contribution in [0.4, 0.5) is 5.69 Å². The molecule has 2 heterocycles. The number of hydrogen-bond donors (Lipinski definition) is 1. The van der Waals surface area contributed by atoms with Crippen LogP contribution in [-0.4, -0.2) is 34.5 Å². The Hall–Kier alpha value is -3.19. The first-order valence-electron chi connectivity index (χ1n) is 10.0. The standard InChI is InChI=1S/C23H24N4O2S/c1-3-4-12-27(2)23(28)20-15-25-22(30-20)21-18-11-10-17(13-19(18)29-26-21)24-14-16-8-6-5-7-9-16/h5-11,13,15,24H,3-4,12,14H2,1-2H3. The summed E-state index contributed by atoms with van der Waals surface area (Å²) in [6.07, 6.45) is 3.67. The van der Waals surface area contributed by atoms with Gasteiger partial charge in [-0.1, -0.05) is 48.8 Å². The van der Waals surface area contributed by atoms with Crippen LogP contribution in [0.2, 0.25) is 0 Å². The first-order chi connectivity index (χ1) is 14.7. The quantitative estimate of drug-likeness (QED) is 0.411. The second kappa shape index (κ2) is 9.09. The number of nitrogens with zero attached hydrogens (tertiary/aromatic N) is 3. The highest BCUT2D eigenvalue weighted by atomic mass is 32.1. The molecule has 0 atom stereocenters. The molecular weight excluding hydrogens is 396 g/mol. The van der Waals surface area contributed by atoms with Crippen molar-refractivity contribution in [3.05, 3.63) is 65.2 Å². The minimum Gasteiger partial charge on any atom is -0.381 e. The monoisotopic (exact) mass is 420 g/mol. The van der Waals surface area contributed by atoms with E-state index in [9.17, 15) is 4.79 Å². The molecule has 7 heteroatoms. The predicted octanol–water partition coefficient (Wildman–Crippen LogP) is 5.44. The van der Waals surface area contributed by atoms with Gasteiger partial charge in [0, 0.05) is 31.9 Å². The summed E-state index contributed by atoms with van der Waals surface area (Å²) in [7, 11) is 1.83. The van der Waals surface area contributed by atoms with E-state index in [2.05, 4.69) is 34.5 Å². The van der Waals surface area contributed by atoms with Gasteiger partial charge in [0.2, 0.25) is 0 Å². The van der Waals surface area contributed by atoms with Crippen LogP contribution in [0.15, 0.2) is 59.3 Å². The van der Waals surface area contributed by atoms with Gasteiger partial charge < -0.3 is 14.7 Å². The molecule has 1 N–H and O–H groups in total. The first kappa shape index (κ1) is 20.1. The van der Waals surface area contributed by atoms with Gasteiger partial charge >= 0.3 is 0 Å². The van der Waals surface area contributed by atoms with E-state index >= 15 is 0 Å². The average Bonchev–Trinajstić information content (AvgIpc) is 3.43. The zero-order chi connectivity index (χ0) is 20.9. The number of unbranched alkanes of at least 4 members (excludes halogenated alkanes) is 1. The average molecular weight is 421 g/mol. The van der Waals surface area contributed by atoms with Gasteiger partial charge in [-0.05, 0) is 24.1 Å². The Morgan fingerprint density at radius 2 is 2.03 bits per heavy atom. The van der Waals surface area contributed by atoms with Crippen LogP contribution in [0.3, 0.4) is 0 Å². The third kappa shape index (κ3) is 4.36. The van der Waals surface area contributed by atoms with Crippen LogP contribution in [0.1, 0.15) is 35.0 Å². The fourth-order valence-electron chi connectivity index (χ4n) is 3.17. The maximum atomic E-state index is 12.6. The lowest BCUT2D eigenvalue weighted by Gasteiger charge is -2.14. The van der Waals surface area contributed by atoms with Crippen molar-refractivity contribution in [2.75, 3.05) is 18.9 Å². The topological polar surface area (TPSA) is 71.3 Å². The van der Waals surface area contributed by atoms with Crippen molar-refractivity contribution < 1.29 is 9.32 Å². The summed E-state index contributed by atoms with van der Waals surface area (Å²) in [5.41, 5.74) is 3.52. The third-order valence-electron chi connectivity index (χ3n) is 4.92. The predicted molar refractivity (Wildman–Crippen MR) is 121 cm³/mol. The van der Waals surface area contributed by atoms with E-state index in [-0.39, 0.29) is 5.91 Å². The Labute approximate surface area is 179 Å². The number of carbonyl (C=O) groups is 1. The van der Waals surface area contributed by atoms with Gasteiger partial charge in [0.05, 0.1) is 11.6 Å². The molecule has 0 aliphatic carbocycles. The molecular formula is C23H24N4O2S. The molecule has 6 nitrogen and oxygen atoms in total. The molecule has 0 saturated heterocycles. The van der Waals surface area contributed by atoms with Crippen LogP contribution in [0.5, 0.6) is 0 Å². The molecule has 0 aliphatic heterocycles. The highest BCUT2D eigenvalue weighted by molar-refractivity contribution is 7.17. The Morgan fingerprint density at radius 1 is 1.20 bits per heavy atom. The molecule has 4 aromatic rings. The van der Waals surface area contributed by atoms with E-state index in [1.165, 1.54) is 16.9 Å².